The van der Waals surface area contributed by atoms with Crippen molar-refractivity contribution in [2.24, 2.45) is 0 Å². The van der Waals surface area contributed by atoms with Gasteiger partial charge < -0.3 is 4.74 Å². The monoisotopic (exact) mass is 244 g/mol. The number of hydrogen-bond acceptors (Lipinski definition) is 2. The fourth-order valence-electron chi connectivity index (χ4n) is 1.67. The standard InChI is InChI=1S/C15H13FO2/c1-10-4-3-5-15(11(10)2)18-14-7-12(9-17)6-13(16)8-14/h3-9H,1-2H3. The third kappa shape index (κ3) is 2.56. The summed E-state index contributed by atoms with van der Waals surface area (Å²) in [5.74, 6) is 0.503. The van der Waals surface area contributed by atoms with E-state index < -0.39 is 5.82 Å². The highest BCUT2D eigenvalue weighted by molar-refractivity contribution is 5.75. The van der Waals surface area contributed by atoms with Crippen molar-refractivity contribution in [1.82, 2.24) is 0 Å². The molecule has 0 spiro atoms. The Kier molecular flexibility index (Phi) is 3.42. The molecule has 2 aromatic carbocycles. The molecule has 2 nitrogen and oxygen atoms in total. The smallest absolute Gasteiger partial charge is 0.150 e. The third-order valence-electron chi connectivity index (χ3n) is 2.81. The molecule has 0 aliphatic heterocycles. The quantitative estimate of drug-likeness (QED) is 0.761. The fraction of sp³-hybridized carbons (Fsp3) is 0.133. The molecule has 0 aliphatic carbocycles. The van der Waals surface area contributed by atoms with Crippen LogP contribution in [-0.2, 0) is 0 Å². The number of carbonyl (C=O) groups excluding carboxylic acids is 1. The molecular formula is C15H13FO2. The number of aldehydes is 1. The molecule has 2 rings (SSSR count). The minimum atomic E-state index is -0.486. The molecule has 0 unspecified atom stereocenters. The Morgan fingerprint density at radius 3 is 2.67 bits per heavy atom. The number of ether oxygens (including phenoxy) is 1. The lowest BCUT2D eigenvalue weighted by Crippen LogP contribution is -1.92. The molecular weight excluding hydrogens is 231 g/mol. The maximum Gasteiger partial charge on any atom is 0.150 e. The minimum absolute atomic E-state index is 0.260. The fourth-order valence-corrected chi connectivity index (χ4v) is 1.67. The van der Waals surface area contributed by atoms with Gasteiger partial charge in [0.2, 0.25) is 0 Å². The van der Waals surface area contributed by atoms with Crippen LogP contribution in [0.25, 0.3) is 0 Å². The number of rotatable bonds is 3. The van der Waals surface area contributed by atoms with E-state index in [9.17, 15) is 9.18 Å². The Hall–Kier alpha value is -2.16. The van der Waals surface area contributed by atoms with Gasteiger partial charge in [-0.2, -0.15) is 0 Å². The lowest BCUT2D eigenvalue weighted by molar-refractivity contribution is 0.112. The second kappa shape index (κ2) is 5.00. The number of benzene rings is 2. The average Bonchev–Trinajstić information content (AvgIpc) is 2.34. The Morgan fingerprint density at radius 1 is 1.17 bits per heavy atom. The van der Waals surface area contributed by atoms with Crippen molar-refractivity contribution in [2.75, 3.05) is 0 Å². The van der Waals surface area contributed by atoms with Gasteiger partial charge in [0.25, 0.3) is 0 Å². The zero-order valence-electron chi connectivity index (χ0n) is 10.2. The summed E-state index contributed by atoms with van der Waals surface area (Å²) < 4.78 is 18.9. The Labute approximate surface area is 105 Å². The van der Waals surface area contributed by atoms with Crippen molar-refractivity contribution >= 4 is 6.29 Å². The van der Waals surface area contributed by atoms with Crippen LogP contribution in [0.3, 0.4) is 0 Å². The van der Waals surface area contributed by atoms with Gasteiger partial charge in [0.05, 0.1) is 0 Å². The first-order chi connectivity index (χ1) is 8.60. The zero-order valence-corrected chi connectivity index (χ0v) is 10.2. The SMILES string of the molecule is Cc1cccc(Oc2cc(F)cc(C=O)c2)c1C. The molecule has 0 saturated carbocycles. The molecule has 2 aromatic rings. The predicted molar refractivity (Wildman–Crippen MR) is 67.8 cm³/mol. The predicted octanol–water partition coefficient (Wildman–Crippen LogP) is 4.05. The van der Waals surface area contributed by atoms with Gasteiger partial charge in [0.15, 0.2) is 0 Å². The maximum absolute atomic E-state index is 13.3. The molecule has 0 radical (unpaired) electrons. The lowest BCUT2D eigenvalue weighted by atomic mass is 10.1. The van der Waals surface area contributed by atoms with E-state index in [4.69, 9.17) is 4.74 Å². The largest absolute Gasteiger partial charge is 0.457 e. The number of carbonyl (C=O) groups is 1. The molecule has 0 heterocycles. The molecule has 0 aromatic heterocycles. The summed E-state index contributed by atoms with van der Waals surface area (Å²) in [4.78, 5) is 10.7. The summed E-state index contributed by atoms with van der Waals surface area (Å²) in [5.41, 5.74) is 2.35. The molecule has 0 saturated heterocycles. The summed E-state index contributed by atoms with van der Waals surface area (Å²) in [6, 6.07) is 9.60. The van der Waals surface area contributed by atoms with Crippen LogP contribution >= 0.6 is 0 Å². The molecule has 3 heteroatoms. The van der Waals surface area contributed by atoms with E-state index in [0.29, 0.717) is 17.8 Å². The van der Waals surface area contributed by atoms with Crippen LogP contribution in [0.1, 0.15) is 21.5 Å². The molecule has 0 fully saturated rings. The molecule has 0 bridgehead atoms. The van der Waals surface area contributed by atoms with Gasteiger partial charge in [-0.1, -0.05) is 12.1 Å². The molecule has 92 valence electrons. The Balaban J connectivity index is 2.36. The van der Waals surface area contributed by atoms with Gasteiger partial charge in [-0.05, 0) is 43.2 Å². The van der Waals surface area contributed by atoms with Gasteiger partial charge in [-0.3, -0.25) is 4.79 Å². The first kappa shape index (κ1) is 12.3. The topological polar surface area (TPSA) is 26.3 Å². The summed E-state index contributed by atoms with van der Waals surface area (Å²) >= 11 is 0. The van der Waals surface area contributed by atoms with Crippen LogP contribution in [0.15, 0.2) is 36.4 Å². The summed E-state index contributed by atoms with van der Waals surface area (Å²) in [7, 11) is 0. The van der Waals surface area contributed by atoms with E-state index in [1.165, 1.54) is 18.2 Å². The summed E-state index contributed by atoms with van der Waals surface area (Å²) in [6.45, 7) is 3.91. The Bertz CT molecular complexity index is 591. The van der Waals surface area contributed by atoms with Crippen molar-refractivity contribution in [3.05, 3.63) is 58.9 Å². The van der Waals surface area contributed by atoms with Crippen molar-refractivity contribution in [1.29, 1.82) is 0 Å². The second-order valence-electron chi connectivity index (χ2n) is 4.14. The van der Waals surface area contributed by atoms with Crippen molar-refractivity contribution in [3.63, 3.8) is 0 Å². The summed E-state index contributed by atoms with van der Waals surface area (Å²) in [5, 5.41) is 0. The molecule has 0 atom stereocenters. The van der Waals surface area contributed by atoms with Crippen LogP contribution in [0.2, 0.25) is 0 Å². The van der Waals surface area contributed by atoms with Crippen molar-refractivity contribution < 1.29 is 13.9 Å². The number of hydrogen-bond donors (Lipinski definition) is 0. The molecule has 18 heavy (non-hydrogen) atoms. The van der Waals surface area contributed by atoms with Crippen molar-refractivity contribution in [2.45, 2.75) is 13.8 Å². The van der Waals surface area contributed by atoms with Crippen LogP contribution in [-0.4, -0.2) is 6.29 Å². The normalized spacial score (nSPS) is 10.2. The van der Waals surface area contributed by atoms with Gasteiger partial charge in [-0.15, -0.1) is 0 Å². The van der Waals surface area contributed by atoms with E-state index >= 15 is 0 Å². The molecule has 0 N–H and O–H groups in total. The van der Waals surface area contributed by atoms with Gasteiger partial charge >= 0.3 is 0 Å². The van der Waals surface area contributed by atoms with Crippen LogP contribution in [0.5, 0.6) is 11.5 Å². The zero-order chi connectivity index (χ0) is 13.1. The average molecular weight is 244 g/mol. The van der Waals surface area contributed by atoms with Crippen molar-refractivity contribution in [3.8, 4) is 11.5 Å². The second-order valence-corrected chi connectivity index (χ2v) is 4.14. The highest BCUT2D eigenvalue weighted by Gasteiger charge is 2.06. The summed E-state index contributed by atoms with van der Waals surface area (Å²) in [6.07, 6.45) is 0.596. The van der Waals surface area contributed by atoms with Crippen LogP contribution in [0, 0.1) is 19.7 Å². The highest BCUT2D eigenvalue weighted by atomic mass is 19.1. The van der Waals surface area contributed by atoms with Crippen LogP contribution in [0.4, 0.5) is 4.39 Å². The van der Waals surface area contributed by atoms with E-state index in [-0.39, 0.29) is 5.56 Å². The number of halogens is 1. The van der Waals surface area contributed by atoms with Gasteiger partial charge in [0.1, 0.15) is 23.6 Å². The Morgan fingerprint density at radius 2 is 1.94 bits per heavy atom. The highest BCUT2D eigenvalue weighted by Crippen LogP contribution is 2.27. The van der Waals surface area contributed by atoms with E-state index in [2.05, 4.69) is 0 Å². The molecule has 0 aliphatic rings. The molecule has 0 amide bonds. The first-order valence-electron chi connectivity index (χ1n) is 5.60. The third-order valence-corrected chi connectivity index (χ3v) is 2.81. The first-order valence-corrected chi connectivity index (χ1v) is 5.60. The van der Waals surface area contributed by atoms with Gasteiger partial charge in [-0.25, -0.2) is 4.39 Å². The minimum Gasteiger partial charge on any atom is -0.457 e. The van der Waals surface area contributed by atoms with E-state index in [0.717, 1.165) is 11.1 Å². The number of aryl methyl sites for hydroxylation is 1. The van der Waals surface area contributed by atoms with Crippen LogP contribution < -0.4 is 4.74 Å². The maximum atomic E-state index is 13.3. The van der Waals surface area contributed by atoms with Gasteiger partial charge in [0, 0.05) is 11.6 Å². The lowest BCUT2D eigenvalue weighted by Gasteiger charge is -2.10. The van der Waals surface area contributed by atoms with E-state index in [1.54, 1.807) is 0 Å². The van der Waals surface area contributed by atoms with E-state index in [1.807, 2.05) is 32.0 Å².